The van der Waals surface area contributed by atoms with Crippen molar-refractivity contribution >= 4 is 0 Å². The maximum absolute atomic E-state index is 5.41. The van der Waals surface area contributed by atoms with Crippen LogP contribution in [0.4, 0.5) is 0 Å². The Morgan fingerprint density at radius 1 is 1.00 bits per heavy atom. The van der Waals surface area contributed by atoms with Gasteiger partial charge in [0.1, 0.15) is 0 Å². The highest BCUT2D eigenvalue weighted by Gasteiger charge is 2.28. The summed E-state index contributed by atoms with van der Waals surface area (Å²) in [7, 11) is 1.85. The minimum absolute atomic E-state index is 0.558. The fraction of sp³-hybridized carbons (Fsp3) is 1.00. The van der Waals surface area contributed by atoms with Crippen molar-refractivity contribution in [1.29, 1.82) is 0 Å². The summed E-state index contributed by atoms with van der Waals surface area (Å²) in [6.45, 7) is 2.51. The number of hydrogen-bond acceptors (Lipinski definition) is 2. The van der Waals surface area contributed by atoms with Crippen LogP contribution in [0, 0.1) is 11.8 Å². The third-order valence-corrected chi connectivity index (χ3v) is 4.05. The SMILES string of the molecule is COC1CCC(C2CCCNC2)CC1. The molecule has 1 unspecified atom stereocenters. The van der Waals surface area contributed by atoms with E-state index in [1.54, 1.807) is 0 Å². The topological polar surface area (TPSA) is 21.3 Å². The van der Waals surface area contributed by atoms with Crippen LogP contribution in [0.1, 0.15) is 38.5 Å². The van der Waals surface area contributed by atoms with Crippen molar-refractivity contribution in [3.8, 4) is 0 Å². The van der Waals surface area contributed by atoms with E-state index in [1.165, 1.54) is 51.6 Å². The molecule has 0 aromatic carbocycles. The van der Waals surface area contributed by atoms with Crippen LogP contribution in [0.2, 0.25) is 0 Å². The summed E-state index contributed by atoms with van der Waals surface area (Å²) < 4.78 is 5.41. The Bertz CT molecular complexity index is 158. The highest BCUT2D eigenvalue weighted by Crippen LogP contribution is 2.34. The zero-order chi connectivity index (χ0) is 9.80. The van der Waals surface area contributed by atoms with Crippen LogP contribution >= 0.6 is 0 Å². The molecule has 1 N–H and O–H groups in total. The molecule has 2 heteroatoms. The van der Waals surface area contributed by atoms with Crippen LogP contribution in [0.15, 0.2) is 0 Å². The summed E-state index contributed by atoms with van der Waals surface area (Å²) in [6.07, 6.45) is 8.76. The first-order valence-electron chi connectivity index (χ1n) is 6.13. The number of hydrogen-bond donors (Lipinski definition) is 1. The van der Waals surface area contributed by atoms with Gasteiger partial charge in [-0.15, -0.1) is 0 Å². The summed E-state index contributed by atoms with van der Waals surface area (Å²) in [4.78, 5) is 0. The van der Waals surface area contributed by atoms with Crippen molar-refractivity contribution in [3.63, 3.8) is 0 Å². The first-order chi connectivity index (χ1) is 6.90. The van der Waals surface area contributed by atoms with E-state index in [9.17, 15) is 0 Å². The van der Waals surface area contributed by atoms with Crippen LogP contribution in [0.5, 0.6) is 0 Å². The Morgan fingerprint density at radius 2 is 1.79 bits per heavy atom. The van der Waals surface area contributed by atoms with Crippen molar-refractivity contribution < 1.29 is 4.74 Å². The molecule has 1 heterocycles. The minimum atomic E-state index is 0.558. The zero-order valence-corrected chi connectivity index (χ0v) is 9.30. The predicted molar refractivity (Wildman–Crippen MR) is 58.3 cm³/mol. The third-order valence-electron chi connectivity index (χ3n) is 4.05. The molecule has 82 valence electrons. The van der Waals surface area contributed by atoms with Gasteiger partial charge in [-0.05, 0) is 63.5 Å². The number of piperidine rings is 1. The lowest BCUT2D eigenvalue weighted by Crippen LogP contribution is -2.36. The molecule has 0 aromatic rings. The summed E-state index contributed by atoms with van der Waals surface area (Å²) in [5.74, 6) is 1.94. The molecule has 0 aromatic heterocycles. The lowest BCUT2D eigenvalue weighted by Gasteiger charge is -2.35. The van der Waals surface area contributed by atoms with Gasteiger partial charge in [-0.25, -0.2) is 0 Å². The molecule has 2 aliphatic rings. The van der Waals surface area contributed by atoms with Gasteiger partial charge in [-0.1, -0.05) is 0 Å². The van der Waals surface area contributed by atoms with E-state index >= 15 is 0 Å². The summed E-state index contributed by atoms with van der Waals surface area (Å²) in [5.41, 5.74) is 0. The second kappa shape index (κ2) is 5.13. The Kier molecular flexibility index (Phi) is 3.82. The van der Waals surface area contributed by atoms with Crippen LogP contribution < -0.4 is 5.32 Å². The molecule has 2 fully saturated rings. The largest absolute Gasteiger partial charge is 0.381 e. The van der Waals surface area contributed by atoms with Gasteiger partial charge in [-0.3, -0.25) is 0 Å². The summed E-state index contributed by atoms with van der Waals surface area (Å²) >= 11 is 0. The molecule has 2 nitrogen and oxygen atoms in total. The van der Waals surface area contributed by atoms with Gasteiger partial charge in [0.25, 0.3) is 0 Å². The fourth-order valence-corrected chi connectivity index (χ4v) is 3.08. The van der Waals surface area contributed by atoms with Crippen molar-refractivity contribution in [2.24, 2.45) is 11.8 Å². The monoisotopic (exact) mass is 197 g/mol. The molecule has 1 aliphatic heterocycles. The molecule has 0 bridgehead atoms. The van der Waals surface area contributed by atoms with E-state index in [0.29, 0.717) is 6.10 Å². The van der Waals surface area contributed by atoms with Gasteiger partial charge in [0.15, 0.2) is 0 Å². The number of methoxy groups -OCH3 is 1. The average Bonchev–Trinajstić information content (AvgIpc) is 2.30. The van der Waals surface area contributed by atoms with Crippen molar-refractivity contribution in [3.05, 3.63) is 0 Å². The molecule has 0 spiro atoms. The second-order valence-corrected chi connectivity index (χ2v) is 4.88. The van der Waals surface area contributed by atoms with Crippen molar-refractivity contribution in [2.75, 3.05) is 20.2 Å². The molecule has 14 heavy (non-hydrogen) atoms. The first-order valence-corrected chi connectivity index (χ1v) is 6.13. The number of nitrogens with one attached hydrogen (secondary N) is 1. The first kappa shape index (κ1) is 10.4. The Hall–Kier alpha value is -0.0800. The standard InChI is InChI=1S/C12H23NO/c1-14-12-6-4-10(5-7-12)11-3-2-8-13-9-11/h10-13H,2-9H2,1H3. The lowest BCUT2D eigenvalue weighted by molar-refractivity contribution is 0.0435. The maximum Gasteiger partial charge on any atom is 0.0571 e. The van der Waals surface area contributed by atoms with E-state index in [2.05, 4.69) is 5.32 Å². The Labute approximate surface area is 87.4 Å². The highest BCUT2D eigenvalue weighted by molar-refractivity contribution is 4.81. The Morgan fingerprint density at radius 3 is 2.36 bits per heavy atom. The van der Waals surface area contributed by atoms with Gasteiger partial charge in [0.05, 0.1) is 6.10 Å². The lowest BCUT2D eigenvalue weighted by atomic mass is 9.76. The van der Waals surface area contributed by atoms with E-state index in [0.717, 1.165) is 11.8 Å². The van der Waals surface area contributed by atoms with Crippen LogP contribution in [0.25, 0.3) is 0 Å². The molecule has 1 saturated heterocycles. The van der Waals surface area contributed by atoms with E-state index in [1.807, 2.05) is 7.11 Å². The molecule has 1 atom stereocenters. The van der Waals surface area contributed by atoms with Gasteiger partial charge in [-0.2, -0.15) is 0 Å². The van der Waals surface area contributed by atoms with Gasteiger partial charge < -0.3 is 10.1 Å². The number of rotatable bonds is 2. The van der Waals surface area contributed by atoms with Crippen LogP contribution in [-0.4, -0.2) is 26.3 Å². The highest BCUT2D eigenvalue weighted by atomic mass is 16.5. The zero-order valence-electron chi connectivity index (χ0n) is 9.30. The summed E-state index contributed by atoms with van der Waals surface area (Å²) in [5, 5.41) is 3.53. The smallest absolute Gasteiger partial charge is 0.0571 e. The van der Waals surface area contributed by atoms with Crippen molar-refractivity contribution in [1.82, 2.24) is 5.32 Å². The molecule has 1 aliphatic carbocycles. The third kappa shape index (κ3) is 2.48. The molecular formula is C12H23NO. The fourth-order valence-electron chi connectivity index (χ4n) is 3.08. The minimum Gasteiger partial charge on any atom is -0.381 e. The van der Waals surface area contributed by atoms with Gasteiger partial charge in [0, 0.05) is 7.11 Å². The molecule has 1 saturated carbocycles. The van der Waals surface area contributed by atoms with E-state index in [-0.39, 0.29) is 0 Å². The molecule has 0 radical (unpaired) electrons. The molecule has 2 rings (SSSR count). The summed E-state index contributed by atoms with van der Waals surface area (Å²) in [6, 6.07) is 0. The van der Waals surface area contributed by atoms with Crippen LogP contribution in [0.3, 0.4) is 0 Å². The predicted octanol–water partition coefficient (Wildman–Crippen LogP) is 2.19. The molecular weight excluding hydrogens is 174 g/mol. The number of ether oxygens (including phenoxy) is 1. The van der Waals surface area contributed by atoms with E-state index in [4.69, 9.17) is 4.74 Å². The average molecular weight is 197 g/mol. The second-order valence-electron chi connectivity index (χ2n) is 4.88. The van der Waals surface area contributed by atoms with Crippen LogP contribution in [-0.2, 0) is 4.74 Å². The Balaban J connectivity index is 1.76. The normalized spacial score (nSPS) is 39.6. The van der Waals surface area contributed by atoms with E-state index < -0.39 is 0 Å². The van der Waals surface area contributed by atoms with Gasteiger partial charge in [0.2, 0.25) is 0 Å². The molecule has 0 amide bonds. The van der Waals surface area contributed by atoms with Gasteiger partial charge >= 0.3 is 0 Å². The quantitative estimate of drug-likeness (QED) is 0.732. The maximum atomic E-state index is 5.41. The van der Waals surface area contributed by atoms with Crippen molar-refractivity contribution in [2.45, 2.75) is 44.6 Å².